The highest BCUT2D eigenvalue weighted by Crippen LogP contribution is 2.30. The Kier molecular flexibility index (Phi) is 3.77. The van der Waals surface area contributed by atoms with E-state index in [4.69, 9.17) is 5.11 Å². The summed E-state index contributed by atoms with van der Waals surface area (Å²) >= 11 is 0. The van der Waals surface area contributed by atoms with E-state index in [0.717, 1.165) is 12.0 Å². The van der Waals surface area contributed by atoms with Crippen molar-refractivity contribution in [2.45, 2.75) is 25.8 Å². The van der Waals surface area contributed by atoms with Crippen molar-refractivity contribution in [3.8, 4) is 0 Å². The molecule has 0 fully saturated rings. The molecule has 4 nitrogen and oxygen atoms in total. The zero-order chi connectivity index (χ0) is 13.1. The number of aliphatic carboxylic acids is 1. The van der Waals surface area contributed by atoms with Gasteiger partial charge >= 0.3 is 5.97 Å². The van der Waals surface area contributed by atoms with Crippen LogP contribution in [-0.4, -0.2) is 23.4 Å². The quantitative estimate of drug-likeness (QED) is 0.847. The van der Waals surface area contributed by atoms with Gasteiger partial charge in [0.1, 0.15) is 0 Å². The molecule has 0 bridgehead atoms. The lowest BCUT2D eigenvalue weighted by molar-refractivity contribution is -0.137. The number of nitrogens with one attached hydrogen (secondary N) is 1. The van der Waals surface area contributed by atoms with E-state index in [1.165, 1.54) is 5.56 Å². The second-order valence-electron chi connectivity index (χ2n) is 4.74. The number of carboxylic acid groups (broad SMARTS) is 1. The second kappa shape index (κ2) is 5.31. The summed E-state index contributed by atoms with van der Waals surface area (Å²) in [6.07, 6.45) is 0.798. The van der Waals surface area contributed by atoms with Gasteiger partial charge in [0, 0.05) is 12.5 Å². The van der Waals surface area contributed by atoms with Gasteiger partial charge in [-0.2, -0.15) is 0 Å². The first-order chi connectivity index (χ1) is 8.59. The Morgan fingerprint density at radius 3 is 2.89 bits per heavy atom. The molecule has 96 valence electrons. The van der Waals surface area contributed by atoms with E-state index in [9.17, 15) is 9.59 Å². The Labute approximate surface area is 106 Å². The molecule has 1 aliphatic carbocycles. The number of hydrogen-bond donors (Lipinski definition) is 2. The molecule has 0 spiro atoms. The number of rotatable bonds is 4. The molecule has 0 saturated heterocycles. The number of hydrogen-bond acceptors (Lipinski definition) is 3. The van der Waals surface area contributed by atoms with Crippen LogP contribution in [0, 0.1) is 5.92 Å². The monoisotopic (exact) mass is 247 g/mol. The van der Waals surface area contributed by atoms with Gasteiger partial charge in [-0.05, 0) is 17.5 Å². The van der Waals surface area contributed by atoms with Crippen LogP contribution in [0.4, 0.5) is 0 Å². The van der Waals surface area contributed by atoms with E-state index in [1.807, 2.05) is 31.2 Å². The van der Waals surface area contributed by atoms with Gasteiger partial charge in [-0.3, -0.25) is 9.59 Å². The average Bonchev–Trinajstić information content (AvgIpc) is 2.33. The highest BCUT2D eigenvalue weighted by atomic mass is 16.4. The van der Waals surface area contributed by atoms with Crippen molar-refractivity contribution in [3.63, 3.8) is 0 Å². The summed E-state index contributed by atoms with van der Waals surface area (Å²) in [5.41, 5.74) is 2.17. The molecule has 2 N–H and O–H groups in total. The zero-order valence-corrected chi connectivity index (χ0v) is 10.3. The molecular formula is C14H17NO3. The maximum atomic E-state index is 12.2. The maximum Gasteiger partial charge on any atom is 0.304 e. The number of carboxylic acids is 1. The lowest BCUT2D eigenvalue weighted by Crippen LogP contribution is -2.38. The first-order valence-electron chi connectivity index (χ1n) is 6.16. The van der Waals surface area contributed by atoms with Gasteiger partial charge in [0.25, 0.3) is 0 Å². The fourth-order valence-electron chi connectivity index (χ4n) is 2.40. The smallest absolute Gasteiger partial charge is 0.304 e. The Hall–Kier alpha value is -1.68. The number of benzene rings is 1. The van der Waals surface area contributed by atoms with Crippen molar-refractivity contribution in [1.82, 2.24) is 5.32 Å². The molecule has 2 atom stereocenters. The van der Waals surface area contributed by atoms with E-state index in [0.29, 0.717) is 6.54 Å². The van der Waals surface area contributed by atoms with E-state index in [-0.39, 0.29) is 24.2 Å². The Balaban J connectivity index is 2.16. The van der Waals surface area contributed by atoms with E-state index in [2.05, 4.69) is 5.32 Å². The molecule has 0 heterocycles. The summed E-state index contributed by atoms with van der Waals surface area (Å²) in [4.78, 5) is 22.7. The summed E-state index contributed by atoms with van der Waals surface area (Å²) in [5, 5.41) is 11.7. The third-order valence-electron chi connectivity index (χ3n) is 3.35. The molecule has 0 saturated carbocycles. The van der Waals surface area contributed by atoms with Gasteiger partial charge < -0.3 is 10.4 Å². The van der Waals surface area contributed by atoms with Crippen LogP contribution in [0.25, 0.3) is 0 Å². The molecule has 2 unspecified atom stereocenters. The van der Waals surface area contributed by atoms with Crippen molar-refractivity contribution in [3.05, 3.63) is 35.4 Å². The van der Waals surface area contributed by atoms with Crippen LogP contribution in [0.15, 0.2) is 24.3 Å². The van der Waals surface area contributed by atoms with Crippen LogP contribution < -0.4 is 5.32 Å². The summed E-state index contributed by atoms with van der Waals surface area (Å²) < 4.78 is 0. The lowest BCUT2D eigenvalue weighted by atomic mass is 9.80. The normalized spacial score (nSPS) is 22.6. The van der Waals surface area contributed by atoms with Crippen LogP contribution >= 0.6 is 0 Å². The summed E-state index contributed by atoms with van der Waals surface area (Å²) in [5.74, 6) is -0.714. The van der Waals surface area contributed by atoms with Gasteiger partial charge in [-0.15, -0.1) is 0 Å². The van der Waals surface area contributed by atoms with E-state index < -0.39 is 5.97 Å². The number of Topliss-reactive ketones (excluding diaryl/α,β-unsaturated/α-hetero) is 1. The fraction of sp³-hybridized carbons (Fsp3) is 0.429. The molecule has 0 aromatic heterocycles. The lowest BCUT2D eigenvalue weighted by Gasteiger charge is -2.29. The highest BCUT2D eigenvalue weighted by molar-refractivity contribution is 5.89. The van der Waals surface area contributed by atoms with Crippen LogP contribution in [0.2, 0.25) is 0 Å². The molecular weight excluding hydrogens is 230 g/mol. The zero-order valence-electron chi connectivity index (χ0n) is 10.3. The first kappa shape index (κ1) is 12.8. The van der Waals surface area contributed by atoms with Gasteiger partial charge in [0.2, 0.25) is 0 Å². The summed E-state index contributed by atoms with van der Waals surface area (Å²) in [6, 6.07) is 7.50. The van der Waals surface area contributed by atoms with Crippen molar-refractivity contribution >= 4 is 11.8 Å². The highest BCUT2D eigenvalue weighted by Gasteiger charge is 2.31. The maximum absolute atomic E-state index is 12.2. The number of carbonyl (C=O) groups excluding carboxylic acids is 1. The van der Waals surface area contributed by atoms with Crippen molar-refractivity contribution < 1.29 is 14.7 Å². The van der Waals surface area contributed by atoms with Gasteiger partial charge in [0.15, 0.2) is 5.78 Å². The molecule has 4 heteroatoms. The molecule has 0 amide bonds. The molecule has 0 aliphatic heterocycles. The first-order valence-corrected chi connectivity index (χ1v) is 6.16. The van der Waals surface area contributed by atoms with Crippen LogP contribution in [0.3, 0.4) is 0 Å². The Bertz CT molecular complexity index is 470. The van der Waals surface area contributed by atoms with Gasteiger partial charge in [-0.1, -0.05) is 31.2 Å². The topological polar surface area (TPSA) is 66.4 Å². The molecule has 1 aromatic carbocycles. The van der Waals surface area contributed by atoms with Crippen molar-refractivity contribution in [2.24, 2.45) is 5.92 Å². The third-order valence-corrected chi connectivity index (χ3v) is 3.35. The molecule has 1 aromatic rings. The fourth-order valence-corrected chi connectivity index (χ4v) is 2.40. The summed E-state index contributed by atoms with van der Waals surface area (Å²) in [7, 11) is 0. The van der Waals surface area contributed by atoms with Crippen LogP contribution in [-0.2, 0) is 16.0 Å². The number of carbonyl (C=O) groups is 2. The average molecular weight is 247 g/mol. The standard InChI is InChI=1S/C14H17NO3/c1-9-8-10-4-2-3-5-11(10)13(14(9)18)15-7-6-12(16)17/h2-5,9,13,15H,6-8H2,1H3,(H,16,17). The van der Waals surface area contributed by atoms with Crippen molar-refractivity contribution in [1.29, 1.82) is 0 Å². The summed E-state index contributed by atoms with van der Waals surface area (Å²) in [6.45, 7) is 2.23. The van der Waals surface area contributed by atoms with Gasteiger partial charge in [0.05, 0.1) is 12.5 Å². The van der Waals surface area contributed by atoms with Crippen LogP contribution in [0.5, 0.6) is 0 Å². The van der Waals surface area contributed by atoms with Crippen LogP contribution in [0.1, 0.15) is 30.5 Å². The minimum Gasteiger partial charge on any atom is -0.481 e. The predicted molar refractivity (Wildman–Crippen MR) is 67.3 cm³/mol. The predicted octanol–water partition coefficient (Wildman–Crippen LogP) is 1.55. The third kappa shape index (κ3) is 2.59. The molecule has 2 rings (SSSR count). The molecule has 0 radical (unpaired) electrons. The minimum atomic E-state index is -0.855. The van der Waals surface area contributed by atoms with E-state index >= 15 is 0 Å². The molecule has 18 heavy (non-hydrogen) atoms. The second-order valence-corrected chi connectivity index (χ2v) is 4.74. The van der Waals surface area contributed by atoms with Gasteiger partial charge in [-0.25, -0.2) is 0 Å². The number of fused-ring (bicyclic) bond motifs is 1. The minimum absolute atomic E-state index is 0.0118. The Morgan fingerprint density at radius 2 is 2.17 bits per heavy atom. The Morgan fingerprint density at radius 1 is 1.44 bits per heavy atom. The van der Waals surface area contributed by atoms with E-state index in [1.54, 1.807) is 0 Å². The van der Waals surface area contributed by atoms with Crippen molar-refractivity contribution in [2.75, 3.05) is 6.54 Å². The number of ketones is 1. The SMILES string of the molecule is CC1Cc2ccccc2C(NCCC(=O)O)C1=O. The largest absolute Gasteiger partial charge is 0.481 e. The molecule has 1 aliphatic rings.